The normalized spacial score (nSPS) is 10.8. The summed E-state index contributed by atoms with van der Waals surface area (Å²) in [6.45, 7) is 1.91. The molecule has 4 aromatic rings. The van der Waals surface area contributed by atoms with Crippen LogP contribution < -0.4 is 5.32 Å². The number of aromatic nitrogens is 3. The van der Waals surface area contributed by atoms with E-state index in [4.69, 9.17) is 23.2 Å². The molecule has 0 aliphatic carbocycles. The van der Waals surface area contributed by atoms with Crippen molar-refractivity contribution in [2.24, 2.45) is 0 Å². The van der Waals surface area contributed by atoms with E-state index in [0.29, 0.717) is 27.2 Å². The maximum absolute atomic E-state index is 12.9. The van der Waals surface area contributed by atoms with Gasteiger partial charge in [0.15, 0.2) is 5.82 Å². The zero-order valence-electron chi connectivity index (χ0n) is 15.7. The zero-order chi connectivity index (χ0) is 21.3. The predicted molar refractivity (Wildman–Crippen MR) is 124 cm³/mol. The Labute approximate surface area is 191 Å². The molecule has 150 valence electrons. The van der Waals surface area contributed by atoms with Crippen LogP contribution in [0.3, 0.4) is 0 Å². The molecule has 8 heteroatoms. The van der Waals surface area contributed by atoms with Gasteiger partial charge in [-0.3, -0.25) is 4.79 Å². The van der Waals surface area contributed by atoms with E-state index in [1.165, 1.54) is 0 Å². The third-order valence-electron chi connectivity index (χ3n) is 4.43. The molecule has 30 heavy (non-hydrogen) atoms. The van der Waals surface area contributed by atoms with Gasteiger partial charge in [0.25, 0.3) is 5.91 Å². The largest absolute Gasteiger partial charge is 0.319 e. The van der Waals surface area contributed by atoms with Crippen LogP contribution in [-0.2, 0) is 0 Å². The molecule has 0 saturated heterocycles. The van der Waals surface area contributed by atoms with Crippen molar-refractivity contribution in [3.8, 4) is 17.1 Å². The number of carbonyl (C=O) groups is 1. The molecule has 0 unspecified atom stereocenters. The van der Waals surface area contributed by atoms with E-state index < -0.39 is 5.91 Å². The summed E-state index contributed by atoms with van der Waals surface area (Å²) >= 11 is 15.7. The number of benzene rings is 3. The molecule has 0 saturated carbocycles. The Morgan fingerprint density at radius 1 is 1.00 bits per heavy atom. The van der Waals surface area contributed by atoms with Crippen molar-refractivity contribution in [2.45, 2.75) is 6.92 Å². The van der Waals surface area contributed by atoms with E-state index >= 15 is 0 Å². The number of halogens is 3. The number of carbonyl (C=O) groups excluding carboxylic acids is 1. The van der Waals surface area contributed by atoms with Crippen LogP contribution in [0.5, 0.6) is 0 Å². The minimum atomic E-state index is -0.406. The summed E-state index contributed by atoms with van der Waals surface area (Å²) < 4.78 is 2.52. The first-order valence-corrected chi connectivity index (χ1v) is 10.5. The predicted octanol–water partition coefficient (Wildman–Crippen LogP) is 6.56. The van der Waals surface area contributed by atoms with Gasteiger partial charge >= 0.3 is 0 Å². The van der Waals surface area contributed by atoms with Crippen molar-refractivity contribution >= 4 is 50.7 Å². The Hall–Kier alpha value is -2.67. The number of hydrogen-bond acceptors (Lipinski definition) is 3. The number of rotatable bonds is 4. The van der Waals surface area contributed by atoms with E-state index in [1.54, 1.807) is 22.9 Å². The topological polar surface area (TPSA) is 59.8 Å². The van der Waals surface area contributed by atoms with Gasteiger partial charge in [0.1, 0.15) is 0 Å². The molecule has 0 bridgehead atoms. The maximum Gasteiger partial charge on any atom is 0.295 e. The minimum absolute atomic E-state index is 0.0437. The van der Waals surface area contributed by atoms with Crippen molar-refractivity contribution in [2.75, 3.05) is 5.32 Å². The zero-order valence-corrected chi connectivity index (χ0v) is 18.8. The number of hydrogen-bond donors (Lipinski definition) is 1. The molecule has 0 aliphatic heterocycles. The molecule has 4 rings (SSSR count). The Balaban J connectivity index is 1.76. The maximum atomic E-state index is 12.9. The highest BCUT2D eigenvalue weighted by Crippen LogP contribution is 2.27. The highest BCUT2D eigenvalue weighted by molar-refractivity contribution is 9.10. The van der Waals surface area contributed by atoms with Crippen LogP contribution in [0, 0.1) is 6.92 Å². The number of amides is 1. The summed E-state index contributed by atoms with van der Waals surface area (Å²) in [5.74, 6) is 0.158. The summed E-state index contributed by atoms with van der Waals surface area (Å²) in [5.41, 5.74) is 3.07. The molecule has 1 aromatic heterocycles. The Morgan fingerprint density at radius 2 is 1.77 bits per heavy atom. The Bertz CT molecular complexity index is 1240. The number of anilines is 1. The molecular formula is C22H15BrCl2N4O. The molecular weight excluding hydrogens is 487 g/mol. The van der Waals surface area contributed by atoms with Crippen LogP contribution in [0.1, 0.15) is 16.2 Å². The van der Waals surface area contributed by atoms with Gasteiger partial charge in [0, 0.05) is 15.7 Å². The second kappa shape index (κ2) is 8.60. The van der Waals surface area contributed by atoms with Gasteiger partial charge in [-0.1, -0.05) is 69.5 Å². The van der Waals surface area contributed by atoms with Gasteiger partial charge in [0.2, 0.25) is 5.82 Å². The number of nitrogens with zero attached hydrogens (tertiary/aromatic N) is 3. The fourth-order valence-electron chi connectivity index (χ4n) is 2.92. The fraction of sp³-hybridized carbons (Fsp3) is 0.0455. The summed E-state index contributed by atoms with van der Waals surface area (Å²) in [4.78, 5) is 17.4. The lowest BCUT2D eigenvalue weighted by Gasteiger charge is -2.07. The van der Waals surface area contributed by atoms with Crippen molar-refractivity contribution in [1.82, 2.24) is 14.8 Å². The fourth-order valence-corrected chi connectivity index (χ4v) is 3.69. The number of nitrogens with one attached hydrogen (secondary N) is 1. The van der Waals surface area contributed by atoms with E-state index in [-0.39, 0.29) is 5.82 Å². The van der Waals surface area contributed by atoms with E-state index in [1.807, 2.05) is 55.5 Å². The first-order valence-electron chi connectivity index (χ1n) is 8.98. The molecule has 1 heterocycles. The van der Waals surface area contributed by atoms with Crippen LogP contribution in [0.2, 0.25) is 10.0 Å². The third kappa shape index (κ3) is 4.26. The molecule has 1 amide bonds. The van der Waals surface area contributed by atoms with Gasteiger partial charge < -0.3 is 5.32 Å². The van der Waals surface area contributed by atoms with Crippen LogP contribution >= 0.6 is 39.1 Å². The van der Waals surface area contributed by atoms with Crippen molar-refractivity contribution in [3.05, 3.63) is 92.6 Å². The molecule has 0 fully saturated rings. The second-order valence-electron chi connectivity index (χ2n) is 6.55. The molecule has 3 aromatic carbocycles. The molecule has 0 atom stereocenters. The minimum Gasteiger partial charge on any atom is -0.319 e. The SMILES string of the molecule is Cc1cc(Br)ccc1NC(=O)c1nc(-c2ccccc2)n(-c2ccc(Cl)c(Cl)c2)n1. The van der Waals surface area contributed by atoms with Gasteiger partial charge in [-0.15, -0.1) is 5.10 Å². The summed E-state index contributed by atoms with van der Waals surface area (Å²) in [5, 5.41) is 8.15. The van der Waals surface area contributed by atoms with Crippen LogP contribution in [0.15, 0.2) is 71.2 Å². The molecule has 0 spiro atoms. The highest BCUT2D eigenvalue weighted by Gasteiger charge is 2.20. The molecule has 1 N–H and O–H groups in total. The van der Waals surface area contributed by atoms with Gasteiger partial charge in [0.05, 0.1) is 15.7 Å². The lowest BCUT2D eigenvalue weighted by molar-refractivity contribution is 0.101. The van der Waals surface area contributed by atoms with Crippen LogP contribution in [-0.4, -0.2) is 20.7 Å². The van der Waals surface area contributed by atoms with Crippen molar-refractivity contribution in [3.63, 3.8) is 0 Å². The first kappa shape index (κ1) is 20.6. The average molecular weight is 502 g/mol. The third-order valence-corrected chi connectivity index (χ3v) is 5.66. The standard InChI is InChI=1S/C22H15BrCl2N4O/c1-13-11-15(23)7-10-19(13)26-22(30)20-27-21(14-5-3-2-4-6-14)29(28-20)16-8-9-17(24)18(25)12-16/h2-12H,1H3,(H,26,30). The molecule has 0 aliphatic rings. The second-order valence-corrected chi connectivity index (χ2v) is 8.28. The molecule has 0 radical (unpaired) electrons. The first-order chi connectivity index (χ1) is 14.4. The smallest absolute Gasteiger partial charge is 0.295 e. The van der Waals surface area contributed by atoms with Gasteiger partial charge in [-0.2, -0.15) is 0 Å². The van der Waals surface area contributed by atoms with E-state index in [0.717, 1.165) is 15.6 Å². The summed E-state index contributed by atoms with van der Waals surface area (Å²) in [6.07, 6.45) is 0. The van der Waals surface area contributed by atoms with Crippen LogP contribution in [0.4, 0.5) is 5.69 Å². The monoisotopic (exact) mass is 500 g/mol. The molecule has 5 nitrogen and oxygen atoms in total. The Morgan fingerprint density at radius 3 is 2.47 bits per heavy atom. The Kier molecular flexibility index (Phi) is 5.90. The number of aryl methyl sites for hydroxylation is 1. The van der Waals surface area contributed by atoms with Crippen molar-refractivity contribution < 1.29 is 4.79 Å². The van der Waals surface area contributed by atoms with Crippen LogP contribution in [0.25, 0.3) is 17.1 Å². The van der Waals surface area contributed by atoms with E-state index in [2.05, 4.69) is 31.3 Å². The lowest BCUT2D eigenvalue weighted by atomic mass is 10.2. The highest BCUT2D eigenvalue weighted by atomic mass is 79.9. The van der Waals surface area contributed by atoms with E-state index in [9.17, 15) is 4.79 Å². The summed E-state index contributed by atoms with van der Waals surface area (Å²) in [6, 6.07) is 20.3. The quantitative estimate of drug-likeness (QED) is 0.344. The average Bonchev–Trinajstić information content (AvgIpc) is 3.18. The van der Waals surface area contributed by atoms with Gasteiger partial charge in [-0.25, -0.2) is 9.67 Å². The van der Waals surface area contributed by atoms with Crippen molar-refractivity contribution in [1.29, 1.82) is 0 Å². The summed E-state index contributed by atoms with van der Waals surface area (Å²) in [7, 11) is 0. The van der Waals surface area contributed by atoms with Gasteiger partial charge in [-0.05, 0) is 48.9 Å². The lowest BCUT2D eigenvalue weighted by Crippen LogP contribution is -2.15.